The van der Waals surface area contributed by atoms with Gasteiger partial charge >= 0.3 is 12.0 Å². The van der Waals surface area contributed by atoms with Gasteiger partial charge in [-0.25, -0.2) is 18.0 Å². The quantitative estimate of drug-likeness (QED) is 0.413. The van der Waals surface area contributed by atoms with Crippen LogP contribution in [0.25, 0.3) is 10.8 Å². The van der Waals surface area contributed by atoms with Gasteiger partial charge in [-0.05, 0) is 42.1 Å². The van der Waals surface area contributed by atoms with Gasteiger partial charge in [-0.1, -0.05) is 12.1 Å². The Bertz CT molecular complexity index is 1270. The molecular formula is C25H25F3N4O4. The van der Waals surface area contributed by atoms with Gasteiger partial charge in [0, 0.05) is 37.2 Å². The maximum Gasteiger partial charge on any atom is 0.317 e. The predicted octanol–water partition coefficient (Wildman–Crippen LogP) is 3.21. The summed E-state index contributed by atoms with van der Waals surface area (Å²) in [7, 11) is 1.41. The Labute approximate surface area is 205 Å². The Morgan fingerprint density at radius 1 is 1.11 bits per heavy atom. The molecule has 0 saturated carbocycles. The van der Waals surface area contributed by atoms with E-state index in [4.69, 9.17) is 10.5 Å². The summed E-state index contributed by atoms with van der Waals surface area (Å²) in [5, 5.41) is 3.76. The Morgan fingerprint density at radius 2 is 1.89 bits per heavy atom. The number of carbonyl (C=O) groups is 3. The summed E-state index contributed by atoms with van der Waals surface area (Å²) in [6.45, 7) is -0.518. The monoisotopic (exact) mass is 502 g/mol. The Morgan fingerprint density at radius 3 is 2.64 bits per heavy atom. The second-order valence-electron chi connectivity index (χ2n) is 8.17. The number of rotatable bonds is 10. The Kier molecular flexibility index (Phi) is 8.82. The maximum atomic E-state index is 13.8. The number of nitrogens with zero attached hydrogens (tertiary/aromatic N) is 2. The summed E-state index contributed by atoms with van der Waals surface area (Å²) in [5.41, 5.74) is 5.55. The van der Waals surface area contributed by atoms with Crippen LogP contribution in [0.2, 0.25) is 0 Å². The highest BCUT2D eigenvalue weighted by atomic mass is 19.2. The first-order chi connectivity index (χ1) is 17.1. The molecule has 0 saturated heterocycles. The largest absolute Gasteiger partial charge is 0.463 e. The van der Waals surface area contributed by atoms with Gasteiger partial charge in [-0.15, -0.1) is 0 Å². The highest BCUT2D eigenvalue weighted by molar-refractivity contribution is 5.83. The summed E-state index contributed by atoms with van der Waals surface area (Å²) >= 11 is 0. The molecule has 0 aliphatic carbocycles. The lowest BCUT2D eigenvalue weighted by atomic mass is 10.1. The van der Waals surface area contributed by atoms with E-state index in [9.17, 15) is 27.6 Å². The number of fused-ring (bicyclic) bond motifs is 1. The summed E-state index contributed by atoms with van der Waals surface area (Å²) < 4.78 is 46.0. The van der Waals surface area contributed by atoms with Crippen molar-refractivity contribution < 1.29 is 32.3 Å². The van der Waals surface area contributed by atoms with Crippen molar-refractivity contribution in [1.29, 1.82) is 0 Å². The number of aromatic nitrogens is 1. The number of nitrogens with one attached hydrogen (secondary N) is 1. The van der Waals surface area contributed by atoms with Gasteiger partial charge in [0.05, 0.1) is 18.2 Å². The molecule has 1 heterocycles. The number of nitrogens with two attached hydrogens (primary N) is 1. The van der Waals surface area contributed by atoms with Crippen LogP contribution in [0, 0.1) is 17.5 Å². The molecule has 8 nitrogen and oxygen atoms in total. The average molecular weight is 502 g/mol. The molecule has 190 valence electrons. The lowest BCUT2D eigenvalue weighted by Crippen LogP contribution is -2.46. The smallest absolute Gasteiger partial charge is 0.317 e. The van der Waals surface area contributed by atoms with Crippen molar-refractivity contribution >= 4 is 28.7 Å². The molecule has 11 heteroatoms. The molecule has 0 bridgehead atoms. The third kappa shape index (κ3) is 7.17. The van der Waals surface area contributed by atoms with Crippen LogP contribution in [-0.4, -0.2) is 47.5 Å². The van der Waals surface area contributed by atoms with E-state index in [2.05, 4.69) is 10.3 Å². The number of amides is 3. The molecule has 36 heavy (non-hydrogen) atoms. The first-order valence-electron chi connectivity index (χ1n) is 11.1. The van der Waals surface area contributed by atoms with Crippen molar-refractivity contribution in [3.63, 3.8) is 0 Å². The number of carbonyl (C=O) groups excluding carboxylic acids is 3. The molecule has 0 aliphatic rings. The normalized spacial score (nSPS) is 11.7. The lowest BCUT2D eigenvalue weighted by molar-refractivity contribution is -0.144. The van der Waals surface area contributed by atoms with Crippen molar-refractivity contribution in [2.24, 2.45) is 5.73 Å². The molecule has 0 spiro atoms. The topological polar surface area (TPSA) is 115 Å². The van der Waals surface area contributed by atoms with Crippen LogP contribution < -0.4 is 11.1 Å². The molecular weight excluding hydrogens is 477 g/mol. The second kappa shape index (κ2) is 12.0. The number of urea groups is 1. The molecule has 3 amide bonds. The average Bonchev–Trinajstić information content (AvgIpc) is 2.84. The third-order valence-corrected chi connectivity index (χ3v) is 5.56. The van der Waals surface area contributed by atoms with Crippen molar-refractivity contribution in [2.75, 3.05) is 13.7 Å². The zero-order chi connectivity index (χ0) is 26.2. The molecule has 1 atom stereocenters. The highest BCUT2D eigenvalue weighted by Gasteiger charge is 2.23. The van der Waals surface area contributed by atoms with E-state index < -0.39 is 41.4 Å². The molecule has 0 aliphatic heterocycles. The van der Waals surface area contributed by atoms with E-state index in [0.717, 1.165) is 6.07 Å². The van der Waals surface area contributed by atoms with Crippen LogP contribution in [0.4, 0.5) is 18.0 Å². The van der Waals surface area contributed by atoms with Crippen molar-refractivity contribution in [2.45, 2.75) is 31.8 Å². The number of pyridine rings is 1. The number of hydrogen-bond donors (Lipinski definition) is 2. The fraction of sp³-hybridized carbons (Fsp3) is 0.280. The fourth-order valence-corrected chi connectivity index (χ4v) is 3.49. The van der Waals surface area contributed by atoms with Gasteiger partial charge < -0.3 is 20.7 Å². The minimum Gasteiger partial charge on any atom is -0.463 e. The molecule has 0 fully saturated rings. The van der Waals surface area contributed by atoms with E-state index in [1.807, 2.05) is 0 Å². The zero-order valence-corrected chi connectivity index (χ0v) is 19.5. The number of primary amides is 1. The standard InChI is InChI=1S/C25H25F3N4O4/c1-32(25(35)31-13-16-3-2-4-21(27)24(16)28)20(7-8-22(29)33)14-36-23(34)11-19-10-17-9-18(26)6-5-15(17)12-30-19/h2-6,9-10,12,20H,7-8,11,13-14H2,1H3,(H2,29,33)(H,31,35)/t20-/m0/s1. The number of esters is 1. The fourth-order valence-electron chi connectivity index (χ4n) is 3.49. The van der Waals surface area contributed by atoms with Gasteiger partial charge in [0.25, 0.3) is 0 Å². The Balaban J connectivity index is 1.60. The van der Waals surface area contributed by atoms with Crippen LogP contribution in [0.1, 0.15) is 24.1 Å². The van der Waals surface area contributed by atoms with E-state index >= 15 is 0 Å². The van der Waals surface area contributed by atoms with E-state index in [-0.39, 0.29) is 38.0 Å². The van der Waals surface area contributed by atoms with Gasteiger partial charge in [-0.3, -0.25) is 14.6 Å². The Hall–Kier alpha value is -4.15. The third-order valence-electron chi connectivity index (χ3n) is 5.56. The van der Waals surface area contributed by atoms with Gasteiger partial charge in [0.1, 0.15) is 12.4 Å². The minimum absolute atomic E-state index is 0.0420. The molecule has 3 aromatic rings. The molecule has 3 N–H and O–H groups in total. The van der Waals surface area contributed by atoms with Crippen LogP contribution in [0.3, 0.4) is 0 Å². The van der Waals surface area contributed by atoms with Gasteiger partial charge in [-0.2, -0.15) is 0 Å². The molecule has 0 unspecified atom stereocenters. The van der Waals surface area contributed by atoms with Crippen molar-refractivity contribution in [3.05, 3.63) is 77.4 Å². The summed E-state index contributed by atoms with van der Waals surface area (Å²) in [6.07, 6.45) is 1.36. The minimum atomic E-state index is -1.07. The lowest BCUT2D eigenvalue weighted by Gasteiger charge is -2.28. The number of hydrogen-bond acceptors (Lipinski definition) is 5. The molecule has 1 aromatic heterocycles. The van der Waals surface area contributed by atoms with Gasteiger partial charge in [0.2, 0.25) is 5.91 Å². The summed E-state index contributed by atoms with van der Waals surface area (Å²) in [4.78, 5) is 41.6. The number of benzene rings is 2. The van der Waals surface area contributed by atoms with Gasteiger partial charge in [0.15, 0.2) is 11.6 Å². The highest BCUT2D eigenvalue weighted by Crippen LogP contribution is 2.16. The van der Waals surface area contributed by atoms with Crippen LogP contribution >= 0.6 is 0 Å². The van der Waals surface area contributed by atoms with E-state index in [1.54, 1.807) is 12.1 Å². The number of halogens is 3. The van der Waals surface area contributed by atoms with Crippen molar-refractivity contribution in [3.8, 4) is 0 Å². The maximum absolute atomic E-state index is 13.8. The molecule has 0 radical (unpaired) electrons. The SMILES string of the molecule is CN(C(=O)NCc1cccc(F)c1F)[C@@H](CCC(N)=O)COC(=O)Cc1cc2cc(F)ccc2cn1. The molecule has 2 aromatic carbocycles. The first kappa shape index (κ1) is 26.5. The van der Waals surface area contributed by atoms with E-state index in [0.29, 0.717) is 16.5 Å². The zero-order valence-electron chi connectivity index (χ0n) is 19.5. The summed E-state index contributed by atoms with van der Waals surface area (Å²) in [5.74, 6) is -3.76. The van der Waals surface area contributed by atoms with Crippen molar-refractivity contribution in [1.82, 2.24) is 15.2 Å². The molecule has 3 rings (SSSR count). The predicted molar refractivity (Wildman–Crippen MR) is 125 cm³/mol. The summed E-state index contributed by atoms with van der Waals surface area (Å²) in [6, 6.07) is 8.04. The first-order valence-corrected chi connectivity index (χ1v) is 11.1. The second-order valence-corrected chi connectivity index (χ2v) is 8.17. The van der Waals surface area contributed by atoms with Crippen LogP contribution in [-0.2, 0) is 27.3 Å². The number of ether oxygens (including phenoxy) is 1. The van der Waals surface area contributed by atoms with E-state index in [1.165, 1.54) is 42.4 Å². The van der Waals surface area contributed by atoms with Crippen LogP contribution in [0.15, 0.2) is 48.7 Å². The number of likely N-dealkylation sites (N-methyl/N-ethyl adjacent to an activating group) is 1. The van der Waals surface area contributed by atoms with Crippen LogP contribution in [0.5, 0.6) is 0 Å².